The molecule has 1 aliphatic carbocycles. The molecule has 1 fully saturated rings. The van der Waals surface area contributed by atoms with Crippen molar-refractivity contribution in [3.05, 3.63) is 17.0 Å². The molecule has 2 N–H and O–H groups in total. The van der Waals surface area contributed by atoms with Crippen LogP contribution >= 0.6 is 11.6 Å². The zero-order valence-corrected chi connectivity index (χ0v) is 11.5. The molecule has 0 aliphatic heterocycles. The third-order valence-electron chi connectivity index (χ3n) is 3.53. The van der Waals surface area contributed by atoms with E-state index < -0.39 is 0 Å². The Kier molecular flexibility index (Phi) is 4.78. The lowest BCUT2D eigenvalue weighted by Crippen LogP contribution is -2.34. The third-order valence-corrected chi connectivity index (χ3v) is 3.73. The number of anilines is 1. The zero-order chi connectivity index (χ0) is 13.0. The highest BCUT2D eigenvalue weighted by Gasteiger charge is 2.24. The Morgan fingerprint density at radius 1 is 1.39 bits per heavy atom. The first-order chi connectivity index (χ1) is 8.72. The fraction of sp³-hybridized carbons (Fsp3) is 0.692. The molecular weight excluding hydrogens is 250 g/mol. The number of aromatic nitrogens is 2. The lowest BCUT2D eigenvalue weighted by Gasteiger charge is -2.31. The quantitative estimate of drug-likeness (QED) is 0.825. The molecular formula is C13H20ClN3O. The van der Waals surface area contributed by atoms with Gasteiger partial charge in [-0.15, -0.1) is 0 Å². The van der Waals surface area contributed by atoms with E-state index in [4.69, 9.17) is 11.6 Å². The van der Waals surface area contributed by atoms with Crippen molar-refractivity contribution in [2.24, 2.45) is 5.92 Å². The SMILES string of the molecule is CCc1nc(Cl)cc(NC2CCCCC2CO)n1. The Morgan fingerprint density at radius 3 is 2.89 bits per heavy atom. The summed E-state index contributed by atoms with van der Waals surface area (Å²) in [5, 5.41) is 13.3. The van der Waals surface area contributed by atoms with Crippen LogP contribution < -0.4 is 5.32 Å². The van der Waals surface area contributed by atoms with Crippen molar-refractivity contribution in [1.82, 2.24) is 9.97 Å². The van der Waals surface area contributed by atoms with Crippen molar-refractivity contribution in [1.29, 1.82) is 0 Å². The summed E-state index contributed by atoms with van der Waals surface area (Å²) in [5.74, 6) is 1.84. The minimum atomic E-state index is 0.233. The molecule has 100 valence electrons. The van der Waals surface area contributed by atoms with Crippen molar-refractivity contribution in [3.8, 4) is 0 Å². The maximum Gasteiger partial charge on any atom is 0.134 e. The van der Waals surface area contributed by atoms with Gasteiger partial charge in [0, 0.05) is 31.1 Å². The van der Waals surface area contributed by atoms with Gasteiger partial charge in [0.2, 0.25) is 0 Å². The molecule has 1 saturated carbocycles. The molecule has 1 aliphatic rings. The topological polar surface area (TPSA) is 58.0 Å². The molecule has 5 heteroatoms. The summed E-state index contributed by atoms with van der Waals surface area (Å²) in [6, 6.07) is 2.04. The van der Waals surface area contributed by atoms with E-state index in [0.29, 0.717) is 17.1 Å². The number of halogens is 1. The van der Waals surface area contributed by atoms with Crippen molar-refractivity contribution in [2.45, 2.75) is 45.1 Å². The number of hydrogen-bond donors (Lipinski definition) is 2. The van der Waals surface area contributed by atoms with Crippen LogP contribution in [0.5, 0.6) is 0 Å². The van der Waals surface area contributed by atoms with E-state index in [1.807, 2.05) is 6.92 Å². The Balaban J connectivity index is 2.09. The molecule has 4 nitrogen and oxygen atoms in total. The average Bonchev–Trinajstić information content (AvgIpc) is 2.38. The highest BCUT2D eigenvalue weighted by Crippen LogP contribution is 2.27. The van der Waals surface area contributed by atoms with E-state index in [2.05, 4.69) is 15.3 Å². The minimum absolute atomic E-state index is 0.233. The maximum absolute atomic E-state index is 9.40. The van der Waals surface area contributed by atoms with Gasteiger partial charge in [-0.3, -0.25) is 0 Å². The van der Waals surface area contributed by atoms with Crippen LogP contribution in [-0.2, 0) is 6.42 Å². The fourth-order valence-corrected chi connectivity index (χ4v) is 2.70. The van der Waals surface area contributed by atoms with Crippen molar-refractivity contribution in [3.63, 3.8) is 0 Å². The Morgan fingerprint density at radius 2 is 2.17 bits per heavy atom. The van der Waals surface area contributed by atoms with Crippen LogP contribution in [0.2, 0.25) is 5.15 Å². The van der Waals surface area contributed by atoms with Crippen molar-refractivity contribution < 1.29 is 5.11 Å². The Labute approximate surface area is 113 Å². The summed E-state index contributed by atoms with van der Waals surface area (Å²) in [6.45, 7) is 2.24. The molecule has 0 amide bonds. The number of aryl methyl sites for hydroxylation is 1. The molecule has 0 bridgehead atoms. The largest absolute Gasteiger partial charge is 0.396 e. The molecule has 0 aromatic carbocycles. The second kappa shape index (κ2) is 6.34. The van der Waals surface area contributed by atoms with Crippen LogP contribution in [0.4, 0.5) is 5.82 Å². The first-order valence-electron chi connectivity index (χ1n) is 6.63. The number of nitrogens with zero attached hydrogens (tertiary/aromatic N) is 2. The minimum Gasteiger partial charge on any atom is -0.396 e. The van der Waals surface area contributed by atoms with Gasteiger partial charge in [-0.05, 0) is 12.8 Å². The molecule has 2 rings (SSSR count). The van der Waals surface area contributed by atoms with Crippen molar-refractivity contribution >= 4 is 17.4 Å². The molecule has 0 spiro atoms. The fourth-order valence-electron chi connectivity index (χ4n) is 2.50. The zero-order valence-electron chi connectivity index (χ0n) is 10.7. The number of aliphatic hydroxyl groups is 1. The molecule has 1 heterocycles. The first kappa shape index (κ1) is 13.6. The van der Waals surface area contributed by atoms with E-state index in [-0.39, 0.29) is 6.61 Å². The predicted octanol–water partition coefficient (Wildman–Crippen LogP) is 2.66. The van der Waals surface area contributed by atoms with Gasteiger partial charge in [0.25, 0.3) is 0 Å². The molecule has 0 saturated heterocycles. The lowest BCUT2D eigenvalue weighted by atomic mass is 9.85. The second-order valence-electron chi connectivity index (χ2n) is 4.82. The number of aliphatic hydroxyl groups excluding tert-OH is 1. The van der Waals surface area contributed by atoms with Crippen molar-refractivity contribution in [2.75, 3.05) is 11.9 Å². The van der Waals surface area contributed by atoms with Crippen LogP contribution in [-0.4, -0.2) is 27.7 Å². The first-order valence-corrected chi connectivity index (χ1v) is 7.01. The van der Waals surface area contributed by atoms with Crippen LogP contribution in [0.25, 0.3) is 0 Å². The van der Waals surface area contributed by atoms with Gasteiger partial charge in [0.15, 0.2) is 0 Å². The molecule has 18 heavy (non-hydrogen) atoms. The van der Waals surface area contributed by atoms with Crippen LogP contribution in [0.1, 0.15) is 38.4 Å². The Bertz CT molecular complexity index is 400. The van der Waals surface area contributed by atoms with E-state index in [1.165, 1.54) is 12.8 Å². The molecule has 1 aromatic rings. The van der Waals surface area contributed by atoms with Gasteiger partial charge >= 0.3 is 0 Å². The number of nitrogens with one attached hydrogen (secondary N) is 1. The van der Waals surface area contributed by atoms with Gasteiger partial charge in [0.05, 0.1) is 0 Å². The number of rotatable bonds is 4. The second-order valence-corrected chi connectivity index (χ2v) is 5.21. The normalized spacial score (nSPS) is 23.9. The lowest BCUT2D eigenvalue weighted by molar-refractivity contribution is 0.178. The standard InChI is InChI=1S/C13H20ClN3O/c1-2-12-16-11(14)7-13(17-12)15-10-6-4-3-5-9(10)8-18/h7,9-10,18H,2-6,8H2,1H3,(H,15,16,17). The molecule has 2 atom stereocenters. The summed E-state index contributed by atoms with van der Waals surface area (Å²) >= 11 is 5.98. The predicted molar refractivity (Wildman–Crippen MR) is 72.9 cm³/mol. The summed E-state index contributed by atoms with van der Waals surface area (Å²) in [7, 11) is 0. The smallest absolute Gasteiger partial charge is 0.134 e. The summed E-state index contributed by atoms with van der Waals surface area (Å²) < 4.78 is 0. The highest BCUT2D eigenvalue weighted by molar-refractivity contribution is 6.29. The van der Waals surface area contributed by atoms with E-state index in [0.717, 1.165) is 30.9 Å². The van der Waals surface area contributed by atoms with Crippen LogP contribution in [0.3, 0.4) is 0 Å². The van der Waals surface area contributed by atoms with Crippen LogP contribution in [0.15, 0.2) is 6.07 Å². The van der Waals surface area contributed by atoms with Gasteiger partial charge in [-0.2, -0.15) is 0 Å². The van der Waals surface area contributed by atoms with Gasteiger partial charge < -0.3 is 10.4 Å². The Hall–Kier alpha value is -0.870. The summed E-state index contributed by atoms with van der Waals surface area (Å²) in [6.07, 6.45) is 5.33. The van der Waals surface area contributed by atoms with Gasteiger partial charge in [-0.1, -0.05) is 31.4 Å². The van der Waals surface area contributed by atoms with E-state index in [9.17, 15) is 5.11 Å². The number of hydrogen-bond acceptors (Lipinski definition) is 4. The molecule has 0 radical (unpaired) electrons. The maximum atomic E-state index is 9.40. The van der Waals surface area contributed by atoms with E-state index in [1.54, 1.807) is 6.07 Å². The average molecular weight is 270 g/mol. The highest BCUT2D eigenvalue weighted by atomic mass is 35.5. The van der Waals surface area contributed by atoms with E-state index >= 15 is 0 Å². The molecule has 1 aromatic heterocycles. The molecule has 2 unspecified atom stereocenters. The monoisotopic (exact) mass is 269 g/mol. The summed E-state index contributed by atoms with van der Waals surface area (Å²) in [5.41, 5.74) is 0. The third kappa shape index (κ3) is 3.33. The van der Waals surface area contributed by atoms with Crippen LogP contribution in [0, 0.1) is 5.92 Å². The van der Waals surface area contributed by atoms with Gasteiger partial charge in [0.1, 0.15) is 16.8 Å². The van der Waals surface area contributed by atoms with Gasteiger partial charge in [-0.25, -0.2) is 9.97 Å². The summed E-state index contributed by atoms with van der Waals surface area (Å²) in [4.78, 5) is 8.58.